The second-order valence-electron chi connectivity index (χ2n) is 7.31. The number of fused-ring (bicyclic) bond motifs is 1. The number of ether oxygens (including phenoxy) is 1. The lowest BCUT2D eigenvalue weighted by Crippen LogP contribution is -2.24. The molecule has 25 heavy (non-hydrogen) atoms. The van der Waals surface area contributed by atoms with Gasteiger partial charge in [-0.05, 0) is 62.2 Å². The summed E-state index contributed by atoms with van der Waals surface area (Å²) in [7, 11) is 0. The van der Waals surface area contributed by atoms with Crippen molar-refractivity contribution in [2.45, 2.75) is 38.8 Å². The highest BCUT2D eigenvalue weighted by atomic mass is 19.1. The van der Waals surface area contributed by atoms with Crippen LogP contribution in [0.25, 0.3) is 11.1 Å². The van der Waals surface area contributed by atoms with Crippen LogP contribution in [-0.4, -0.2) is 30.6 Å². The van der Waals surface area contributed by atoms with Gasteiger partial charge in [-0.1, -0.05) is 17.7 Å². The minimum absolute atomic E-state index is 0.0515. The summed E-state index contributed by atoms with van der Waals surface area (Å²) in [5.74, 6) is 0.590. The molecule has 132 valence electrons. The second kappa shape index (κ2) is 6.77. The zero-order chi connectivity index (χ0) is 17.4. The Balaban J connectivity index is 1.71. The summed E-state index contributed by atoms with van der Waals surface area (Å²) in [5.41, 5.74) is 11.0. The van der Waals surface area contributed by atoms with Crippen LogP contribution in [0.5, 0.6) is 5.75 Å². The molecule has 2 aliphatic heterocycles. The molecule has 2 N–H and O–H groups in total. The van der Waals surface area contributed by atoms with Crippen LogP contribution in [-0.2, 0) is 13.0 Å². The quantitative estimate of drug-likeness (QED) is 0.923. The maximum atomic E-state index is 14.2. The first kappa shape index (κ1) is 16.6. The van der Waals surface area contributed by atoms with Crippen molar-refractivity contribution in [3.63, 3.8) is 0 Å². The zero-order valence-electron chi connectivity index (χ0n) is 14.7. The summed E-state index contributed by atoms with van der Waals surface area (Å²) in [5, 5.41) is 0. The zero-order valence-corrected chi connectivity index (χ0v) is 14.7. The molecule has 2 aromatic rings. The fourth-order valence-electron chi connectivity index (χ4n) is 4.05. The van der Waals surface area contributed by atoms with Gasteiger partial charge in [-0.2, -0.15) is 0 Å². The fourth-order valence-corrected chi connectivity index (χ4v) is 4.05. The van der Waals surface area contributed by atoms with Crippen molar-refractivity contribution in [3.05, 3.63) is 52.8 Å². The SMILES string of the molecule is Cc1cc(CN2CCCC2)cc(-c2cc(F)cc3c2OC(CN)C3)c1. The van der Waals surface area contributed by atoms with Gasteiger partial charge < -0.3 is 10.5 Å². The van der Waals surface area contributed by atoms with Gasteiger partial charge in [0, 0.05) is 30.6 Å². The smallest absolute Gasteiger partial charge is 0.131 e. The molecular weight excluding hydrogens is 315 g/mol. The lowest BCUT2D eigenvalue weighted by atomic mass is 9.97. The van der Waals surface area contributed by atoms with Crippen LogP contribution in [0.3, 0.4) is 0 Å². The van der Waals surface area contributed by atoms with E-state index in [1.165, 1.54) is 37.1 Å². The van der Waals surface area contributed by atoms with E-state index in [0.29, 0.717) is 13.0 Å². The number of rotatable bonds is 4. The van der Waals surface area contributed by atoms with Crippen LogP contribution in [0.2, 0.25) is 0 Å². The minimum Gasteiger partial charge on any atom is -0.488 e. The fraction of sp³-hybridized carbons (Fsp3) is 0.429. The average Bonchev–Trinajstić information content (AvgIpc) is 3.22. The third-order valence-electron chi connectivity index (χ3n) is 5.18. The van der Waals surface area contributed by atoms with Gasteiger partial charge in [-0.15, -0.1) is 0 Å². The molecule has 0 amide bonds. The van der Waals surface area contributed by atoms with E-state index < -0.39 is 0 Å². The molecule has 3 nitrogen and oxygen atoms in total. The molecule has 1 unspecified atom stereocenters. The summed E-state index contributed by atoms with van der Waals surface area (Å²) < 4.78 is 20.2. The molecule has 2 aromatic carbocycles. The molecule has 0 bridgehead atoms. The number of likely N-dealkylation sites (tertiary alicyclic amines) is 1. The van der Waals surface area contributed by atoms with E-state index in [4.69, 9.17) is 10.5 Å². The Morgan fingerprint density at radius 2 is 1.96 bits per heavy atom. The van der Waals surface area contributed by atoms with E-state index >= 15 is 0 Å². The Bertz CT molecular complexity index is 784. The predicted octanol–water partition coefficient (Wildman–Crippen LogP) is 3.66. The lowest BCUT2D eigenvalue weighted by molar-refractivity contribution is 0.242. The molecule has 1 saturated heterocycles. The van der Waals surface area contributed by atoms with Crippen molar-refractivity contribution < 1.29 is 9.13 Å². The Kier molecular flexibility index (Phi) is 4.48. The number of hydrogen-bond donors (Lipinski definition) is 1. The van der Waals surface area contributed by atoms with Gasteiger partial charge in [0.2, 0.25) is 0 Å². The van der Waals surface area contributed by atoms with Gasteiger partial charge in [-0.25, -0.2) is 4.39 Å². The number of aryl methyl sites for hydroxylation is 1. The van der Waals surface area contributed by atoms with E-state index in [1.807, 2.05) is 0 Å². The van der Waals surface area contributed by atoms with Crippen molar-refractivity contribution in [1.82, 2.24) is 4.90 Å². The van der Waals surface area contributed by atoms with Gasteiger partial charge in [0.15, 0.2) is 0 Å². The van der Waals surface area contributed by atoms with Gasteiger partial charge >= 0.3 is 0 Å². The summed E-state index contributed by atoms with van der Waals surface area (Å²) >= 11 is 0. The molecule has 1 fully saturated rings. The molecule has 1 atom stereocenters. The van der Waals surface area contributed by atoms with Crippen LogP contribution < -0.4 is 10.5 Å². The van der Waals surface area contributed by atoms with E-state index in [0.717, 1.165) is 29.0 Å². The molecule has 4 heteroatoms. The molecule has 4 rings (SSSR count). The van der Waals surface area contributed by atoms with Gasteiger partial charge in [0.05, 0.1) is 0 Å². The van der Waals surface area contributed by atoms with Crippen LogP contribution in [0, 0.1) is 12.7 Å². The summed E-state index contributed by atoms with van der Waals surface area (Å²) in [6.45, 7) is 5.84. The highest BCUT2D eigenvalue weighted by Gasteiger charge is 2.26. The van der Waals surface area contributed by atoms with Crippen molar-refractivity contribution in [1.29, 1.82) is 0 Å². The maximum absolute atomic E-state index is 14.2. The van der Waals surface area contributed by atoms with E-state index in [1.54, 1.807) is 12.1 Å². The Morgan fingerprint density at radius 3 is 2.72 bits per heavy atom. The minimum atomic E-state index is -0.211. The molecule has 2 heterocycles. The number of nitrogens with zero attached hydrogens (tertiary/aromatic N) is 1. The van der Waals surface area contributed by atoms with E-state index in [-0.39, 0.29) is 11.9 Å². The van der Waals surface area contributed by atoms with Crippen molar-refractivity contribution in [2.24, 2.45) is 5.73 Å². The molecule has 0 aliphatic carbocycles. The Labute approximate surface area is 148 Å². The average molecular weight is 340 g/mol. The molecule has 2 aliphatic rings. The van der Waals surface area contributed by atoms with Gasteiger partial charge in [0.1, 0.15) is 17.7 Å². The second-order valence-corrected chi connectivity index (χ2v) is 7.31. The number of nitrogens with two attached hydrogens (primary N) is 1. The normalized spacial score (nSPS) is 19.9. The Hall–Kier alpha value is -1.91. The van der Waals surface area contributed by atoms with Crippen molar-refractivity contribution in [3.8, 4) is 16.9 Å². The predicted molar refractivity (Wildman–Crippen MR) is 98.3 cm³/mol. The van der Waals surface area contributed by atoms with Crippen molar-refractivity contribution in [2.75, 3.05) is 19.6 Å². The molecule has 0 aromatic heterocycles. The first-order valence-corrected chi connectivity index (χ1v) is 9.15. The lowest BCUT2D eigenvalue weighted by Gasteiger charge is -2.17. The number of halogens is 1. The first-order chi connectivity index (χ1) is 12.1. The highest BCUT2D eigenvalue weighted by Crippen LogP contribution is 2.40. The summed E-state index contributed by atoms with van der Waals surface area (Å²) in [6, 6.07) is 9.69. The van der Waals surface area contributed by atoms with E-state index in [9.17, 15) is 4.39 Å². The maximum Gasteiger partial charge on any atom is 0.131 e. The topological polar surface area (TPSA) is 38.5 Å². The van der Waals surface area contributed by atoms with E-state index in [2.05, 4.69) is 30.0 Å². The third-order valence-corrected chi connectivity index (χ3v) is 5.18. The van der Waals surface area contributed by atoms with Crippen LogP contribution >= 0.6 is 0 Å². The number of benzene rings is 2. The number of hydrogen-bond acceptors (Lipinski definition) is 3. The van der Waals surface area contributed by atoms with Crippen LogP contribution in [0.4, 0.5) is 4.39 Å². The summed E-state index contributed by atoms with van der Waals surface area (Å²) in [4.78, 5) is 2.48. The molecule has 0 spiro atoms. The largest absolute Gasteiger partial charge is 0.488 e. The highest BCUT2D eigenvalue weighted by molar-refractivity contribution is 5.74. The third kappa shape index (κ3) is 3.42. The summed E-state index contributed by atoms with van der Waals surface area (Å²) in [6.07, 6.45) is 3.20. The first-order valence-electron chi connectivity index (χ1n) is 9.15. The standard InChI is InChI=1S/C21H25FN2O/c1-14-6-15(13-24-4-2-3-5-24)8-16(7-14)20-11-18(22)9-17-10-19(12-23)25-21(17)20/h6-9,11,19H,2-5,10,12-13,23H2,1H3. The monoisotopic (exact) mass is 340 g/mol. The molecule has 0 radical (unpaired) electrons. The van der Waals surface area contributed by atoms with Crippen LogP contribution in [0.1, 0.15) is 29.5 Å². The van der Waals surface area contributed by atoms with Gasteiger partial charge in [-0.3, -0.25) is 4.90 Å². The van der Waals surface area contributed by atoms with Gasteiger partial charge in [0.25, 0.3) is 0 Å². The van der Waals surface area contributed by atoms with Crippen LogP contribution in [0.15, 0.2) is 30.3 Å². The molecular formula is C21H25FN2O. The molecule has 0 saturated carbocycles. The van der Waals surface area contributed by atoms with Crippen molar-refractivity contribution >= 4 is 0 Å². The Morgan fingerprint density at radius 1 is 1.16 bits per heavy atom.